The Kier molecular flexibility index (Phi) is 3.61. The Hall–Kier alpha value is -0.370. The lowest BCUT2D eigenvalue weighted by atomic mass is 10.5. The molecule has 0 aromatic carbocycles. The highest BCUT2D eigenvalue weighted by Gasteiger charge is 1.80. The molecule has 0 aliphatic rings. The van der Waals surface area contributed by atoms with E-state index in [1.54, 1.807) is 13.1 Å². The van der Waals surface area contributed by atoms with Gasteiger partial charge in [-0.1, -0.05) is 6.92 Å². The summed E-state index contributed by atoms with van der Waals surface area (Å²) in [6.07, 6.45) is 2.06. The van der Waals surface area contributed by atoms with Gasteiger partial charge in [0.15, 0.2) is 0 Å². The molecule has 0 saturated carbocycles. The second-order valence-corrected chi connectivity index (χ2v) is 1.37. The van der Waals surface area contributed by atoms with Crippen LogP contribution < -0.4 is 0 Å². The van der Waals surface area contributed by atoms with E-state index in [0.717, 1.165) is 6.42 Å². The average Bonchev–Trinajstić information content (AvgIpc) is 1.61. The molecule has 0 aromatic heterocycles. The largest absolute Gasteiger partial charge is 0.372 e. The number of nitrogens with zero attached hydrogens (tertiary/aromatic N) is 1. The molecule has 0 aliphatic carbocycles. The molecule has 1 N–H and O–H groups in total. The molecule has 0 fully saturated rings. The zero-order valence-corrected chi connectivity index (χ0v) is 4.76. The molecule has 1 unspecified atom stereocenters. The van der Waals surface area contributed by atoms with E-state index in [1.165, 1.54) is 0 Å². The summed E-state index contributed by atoms with van der Waals surface area (Å²) < 4.78 is 0. The van der Waals surface area contributed by atoms with Gasteiger partial charge < -0.3 is 5.11 Å². The minimum atomic E-state index is -0.528. The van der Waals surface area contributed by atoms with Gasteiger partial charge in [-0.05, 0) is 13.3 Å². The van der Waals surface area contributed by atoms with E-state index in [-0.39, 0.29) is 0 Å². The van der Waals surface area contributed by atoms with Gasteiger partial charge in [0.05, 0.1) is 0 Å². The topological polar surface area (TPSA) is 32.6 Å². The average molecular weight is 101 g/mol. The van der Waals surface area contributed by atoms with Crippen LogP contribution in [0.3, 0.4) is 0 Å². The maximum Gasteiger partial charge on any atom is 0.141 e. The maximum atomic E-state index is 8.49. The molecule has 0 aromatic rings. The van der Waals surface area contributed by atoms with Crippen molar-refractivity contribution in [2.45, 2.75) is 26.5 Å². The molecule has 0 radical (unpaired) electrons. The Morgan fingerprint density at radius 1 is 1.86 bits per heavy atom. The predicted molar refractivity (Wildman–Crippen MR) is 30.5 cm³/mol. The predicted octanol–water partition coefficient (Wildman–Crippen LogP) is 0.805. The summed E-state index contributed by atoms with van der Waals surface area (Å²) >= 11 is 0. The van der Waals surface area contributed by atoms with Crippen molar-refractivity contribution in [1.29, 1.82) is 0 Å². The molecule has 2 heteroatoms. The van der Waals surface area contributed by atoms with Gasteiger partial charge in [0, 0.05) is 6.21 Å². The number of aliphatic imine (C=N–C) groups is 1. The summed E-state index contributed by atoms with van der Waals surface area (Å²) in [6, 6.07) is 0. The first-order valence-electron chi connectivity index (χ1n) is 2.47. The van der Waals surface area contributed by atoms with Gasteiger partial charge in [-0.2, -0.15) is 0 Å². The fraction of sp³-hybridized carbons (Fsp3) is 0.800. The van der Waals surface area contributed by atoms with Crippen molar-refractivity contribution in [3.8, 4) is 0 Å². The van der Waals surface area contributed by atoms with Crippen molar-refractivity contribution < 1.29 is 5.11 Å². The van der Waals surface area contributed by atoms with E-state index in [9.17, 15) is 0 Å². The summed E-state index contributed by atoms with van der Waals surface area (Å²) in [6.45, 7) is 3.61. The van der Waals surface area contributed by atoms with E-state index >= 15 is 0 Å². The maximum absolute atomic E-state index is 8.49. The summed E-state index contributed by atoms with van der Waals surface area (Å²) in [5.41, 5.74) is 0. The molecule has 0 amide bonds. The van der Waals surface area contributed by atoms with Crippen LogP contribution in [-0.2, 0) is 0 Å². The number of aliphatic hydroxyl groups is 1. The molecular weight excluding hydrogens is 90.1 g/mol. The molecule has 0 spiro atoms. The minimum Gasteiger partial charge on any atom is -0.372 e. The van der Waals surface area contributed by atoms with Crippen molar-refractivity contribution in [3.63, 3.8) is 0 Å². The highest BCUT2D eigenvalue weighted by molar-refractivity contribution is 5.56. The molecule has 7 heavy (non-hydrogen) atoms. The van der Waals surface area contributed by atoms with Crippen LogP contribution in [0.25, 0.3) is 0 Å². The molecule has 0 saturated heterocycles. The van der Waals surface area contributed by atoms with Crippen LogP contribution >= 0.6 is 0 Å². The Morgan fingerprint density at radius 3 is 2.57 bits per heavy atom. The van der Waals surface area contributed by atoms with Gasteiger partial charge in [-0.25, -0.2) is 0 Å². The van der Waals surface area contributed by atoms with Crippen molar-refractivity contribution in [2.75, 3.05) is 0 Å². The smallest absolute Gasteiger partial charge is 0.141 e. The van der Waals surface area contributed by atoms with Crippen LogP contribution in [0.5, 0.6) is 0 Å². The second kappa shape index (κ2) is 3.81. The molecule has 42 valence electrons. The van der Waals surface area contributed by atoms with Crippen molar-refractivity contribution in [3.05, 3.63) is 0 Å². The molecule has 1 atom stereocenters. The summed E-state index contributed by atoms with van der Waals surface area (Å²) in [5, 5.41) is 8.49. The van der Waals surface area contributed by atoms with E-state index in [2.05, 4.69) is 4.99 Å². The molecule has 0 heterocycles. The molecular formula is C5H11NO. The number of hydrogen-bond acceptors (Lipinski definition) is 2. The Bertz CT molecular complexity index is 59.1. The lowest BCUT2D eigenvalue weighted by Crippen LogP contribution is -1.92. The first-order valence-corrected chi connectivity index (χ1v) is 2.47. The third-order valence-electron chi connectivity index (χ3n) is 0.504. The standard InChI is InChI=1S/C5H11NO/c1-3-4-6-5(2)7/h4-5,7H,3H2,1-2H3. The van der Waals surface area contributed by atoms with Gasteiger partial charge in [0.2, 0.25) is 0 Å². The van der Waals surface area contributed by atoms with Crippen LogP contribution in [0, 0.1) is 0 Å². The van der Waals surface area contributed by atoms with Gasteiger partial charge in [0.1, 0.15) is 6.23 Å². The number of aliphatic hydroxyl groups excluding tert-OH is 1. The van der Waals surface area contributed by atoms with Gasteiger partial charge in [0.25, 0.3) is 0 Å². The van der Waals surface area contributed by atoms with Gasteiger partial charge in [-0.15, -0.1) is 0 Å². The summed E-state index contributed by atoms with van der Waals surface area (Å²) in [5.74, 6) is 0. The van der Waals surface area contributed by atoms with Crippen LogP contribution in [0.2, 0.25) is 0 Å². The third-order valence-corrected chi connectivity index (χ3v) is 0.504. The monoisotopic (exact) mass is 101 g/mol. The fourth-order valence-electron chi connectivity index (χ4n) is 0.258. The van der Waals surface area contributed by atoms with E-state index < -0.39 is 6.23 Å². The molecule has 0 rings (SSSR count). The minimum absolute atomic E-state index is 0.528. The van der Waals surface area contributed by atoms with Crippen LogP contribution in [0.1, 0.15) is 20.3 Å². The summed E-state index contributed by atoms with van der Waals surface area (Å²) in [4.78, 5) is 3.67. The van der Waals surface area contributed by atoms with E-state index in [1.807, 2.05) is 6.92 Å². The van der Waals surface area contributed by atoms with E-state index in [0.29, 0.717) is 0 Å². The van der Waals surface area contributed by atoms with Crippen molar-refractivity contribution in [1.82, 2.24) is 0 Å². The van der Waals surface area contributed by atoms with E-state index in [4.69, 9.17) is 5.11 Å². The Morgan fingerprint density at radius 2 is 2.43 bits per heavy atom. The lowest BCUT2D eigenvalue weighted by Gasteiger charge is -1.89. The summed E-state index contributed by atoms with van der Waals surface area (Å²) in [7, 11) is 0. The quantitative estimate of drug-likeness (QED) is 0.513. The lowest BCUT2D eigenvalue weighted by molar-refractivity contribution is 0.206. The SMILES string of the molecule is CCC=NC(C)O. The van der Waals surface area contributed by atoms with Crippen molar-refractivity contribution in [2.24, 2.45) is 4.99 Å². The van der Waals surface area contributed by atoms with Gasteiger partial charge >= 0.3 is 0 Å². The first-order chi connectivity index (χ1) is 3.27. The molecule has 0 aliphatic heterocycles. The molecule has 2 nitrogen and oxygen atoms in total. The Labute approximate surface area is 43.9 Å². The second-order valence-electron chi connectivity index (χ2n) is 1.37. The first kappa shape index (κ1) is 6.63. The third kappa shape index (κ3) is 5.63. The Balaban J connectivity index is 3.08. The zero-order chi connectivity index (χ0) is 5.70. The molecule has 0 bridgehead atoms. The van der Waals surface area contributed by atoms with Gasteiger partial charge in [-0.3, -0.25) is 4.99 Å². The van der Waals surface area contributed by atoms with Crippen LogP contribution in [0.4, 0.5) is 0 Å². The fourth-order valence-corrected chi connectivity index (χ4v) is 0.258. The van der Waals surface area contributed by atoms with Crippen molar-refractivity contribution >= 4 is 6.21 Å². The number of hydrogen-bond donors (Lipinski definition) is 1. The highest BCUT2D eigenvalue weighted by Crippen LogP contribution is 1.78. The zero-order valence-electron chi connectivity index (χ0n) is 4.76. The normalized spacial score (nSPS) is 15.3. The highest BCUT2D eigenvalue weighted by atomic mass is 16.3. The van der Waals surface area contributed by atoms with Crippen LogP contribution in [0.15, 0.2) is 4.99 Å². The number of rotatable bonds is 2. The van der Waals surface area contributed by atoms with Crippen LogP contribution in [-0.4, -0.2) is 17.5 Å².